The maximum absolute atomic E-state index is 5.46. The van der Waals surface area contributed by atoms with Crippen LogP contribution < -0.4 is 10.6 Å². The number of hydrogen-bond acceptors (Lipinski definition) is 6. The second-order valence-electron chi connectivity index (χ2n) is 5.51. The van der Waals surface area contributed by atoms with Crippen LogP contribution in [0, 0.1) is 5.92 Å². The van der Waals surface area contributed by atoms with Crippen molar-refractivity contribution >= 4 is 22.8 Å². The zero-order valence-corrected chi connectivity index (χ0v) is 12.5. The van der Waals surface area contributed by atoms with Crippen molar-refractivity contribution in [3.63, 3.8) is 0 Å². The molecule has 114 valence electrons. The Morgan fingerprint density at radius 3 is 3.14 bits per heavy atom. The Bertz CT molecular complexity index is 592. The van der Waals surface area contributed by atoms with Gasteiger partial charge in [-0.15, -0.1) is 0 Å². The zero-order valence-electron chi connectivity index (χ0n) is 12.5. The third-order valence-electron chi connectivity index (χ3n) is 3.88. The van der Waals surface area contributed by atoms with Crippen molar-refractivity contribution in [3.05, 3.63) is 6.20 Å². The van der Waals surface area contributed by atoms with Crippen molar-refractivity contribution in [2.24, 2.45) is 5.92 Å². The van der Waals surface area contributed by atoms with E-state index in [0.29, 0.717) is 17.9 Å². The molecular formula is C14H22N6O. The van der Waals surface area contributed by atoms with Gasteiger partial charge in [-0.1, -0.05) is 6.92 Å². The molecule has 1 saturated heterocycles. The van der Waals surface area contributed by atoms with E-state index < -0.39 is 0 Å². The fourth-order valence-corrected chi connectivity index (χ4v) is 2.54. The highest BCUT2D eigenvalue weighted by Crippen LogP contribution is 2.24. The molecule has 1 aliphatic rings. The second-order valence-corrected chi connectivity index (χ2v) is 5.51. The molecule has 0 spiro atoms. The molecule has 3 rings (SSSR count). The SMILES string of the molecule is CCCNc1nc(NC(C)C2CCOC2)c2cn[nH]c2n1. The van der Waals surface area contributed by atoms with E-state index in [1.165, 1.54) is 0 Å². The molecule has 0 aromatic carbocycles. The molecular weight excluding hydrogens is 268 g/mol. The number of anilines is 2. The molecule has 3 heterocycles. The van der Waals surface area contributed by atoms with E-state index >= 15 is 0 Å². The van der Waals surface area contributed by atoms with Crippen LogP contribution in [0.15, 0.2) is 6.20 Å². The van der Waals surface area contributed by atoms with E-state index in [4.69, 9.17) is 4.74 Å². The van der Waals surface area contributed by atoms with Gasteiger partial charge in [0, 0.05) is 25.1 Å². The summed E-state index contributed by atoms with van der Waals surface area (Å²) < 4.78 is 5.46. The lowest BCUT2D eigenvalue weighted by Crippen LogP contribution is -2.27. The van der Waals surface area contributed by atoms with Crippen LogP contribution in [0.4, 0.5) is 11.8 Å². The number of nitrogens with one attached hydrogen (secondary N) is 3. The maximum Gasteiger partial charge on any atom is 0.226 e. The molecule has 2 unspecified atom stereocenters. The molecule has 3 N–H and O–H groups in total. The van der Waals surface area contributed by atoms with Crippen LogP contribution in [-0.2, 0) is 4.74 Å². The molecule has 0 radical (unpaired) electrons. The summed E-state index contributed by atoms with van der Waals surface area (Å²) in [7, 11) is 0. The van der Waals surface area contributed by atoms with Crippen LogP contribution in [-0.4, -0.2) is 46.0 Å². The number of rotatable bonds is 6. The minimum atomic E-state index is 0.305. The maximum atomic E-state index is 5.46. The van der Waals surface area contributed by atoms with Crippen LogP contribution in [0.5, 0.6) is 0 Å². The van der Waals surface area contributed by atoms with Gasteiger partial charge in [0.15, 0.2) is 5.65 Å². The first-order chi connectivity index (χ1) is 10.3. The van der Waals surface area contributed by atoms with E-state index in [1.807, 2.05) is 0 Å². The van der Waals surface area contributed by atoms with Crippen molar-refractivity contribution in [2.75, 3.05) is 30.4 Å². The van der Waals surface area contributed by atoms with Crippen LogP contribution in [0.3, 0.4) is 0 Å². The molecule has 2 atom stereocenters. The molecule has 7 heteroatoms. The number of H-pyrrole nitrogens is 1. The summed E-state index contributed by atoms with van der Waals surface area (Å²) in [6.45, 7) is 6.81. The predicted octanol–water partition coefficient (Wildman–Crippen LogP) is 2.01. The van der Waals surface area contributed by atoms with Gasteiger partial charge in [0.1, 0.15) is 5.82 Å². The van der Waals surface area contributed by atoms with Crippen LogP contribution in [0.2, 0.25) is 0 Å². The van der Waals surface area contributed by atoms with E-state index in [0.717, 1.165) is 49.5 Å². The second kappa shape index (κ2) is 6.26. The standard InChI is InChI=1S/C14H22N6O/c1-3-5-15-14-18-12(11-7-16-20-13(11)19-14)17-9(2)10-4-6-21-8-10/h7,9-10H,3-6,8H2,1-2H3,(H3,15,16,17,18,19,20). The lowest BCUT2D eigenvalue weighted by molar-refractivity contribution is 0.183. The van der Waals surface area contributed by atoms with Gasteiger partial charge in [-0.25, -0.2) is 0 Å². The zero-order chi connectivity index (χ0) is 14.7. The summed E-state index contributed by atoms with van der Waals surface area (Å²) in [5.74, 6) is 1.98. The van der Waals surface area contributed by atoms with Gasteiger partial charge < -0.3 is 15.4 Å². The molecule has 1 aliphatic heterocycles. The number of ether oxygens (including phenoxy) is 1. The molecule has 0 amide bonds. The molecule has 2 aromatic rings. The van der Waals surface area contributed by atoms with Crippen LogP contribution in [0.1, 0.15) is 26.7 Å². The Hall–Kier alpha value is -1.89. The average Bonchev–Trinajstić information content (AvgIpc) is 3.15. The number of aromatic nitrogens is 4. The quantitative estimate of drug-likeness (QED) is 0.754. The normalized spacial score (nSPS) is 19.8. The van der Waals surface area contributed by atoms with Gasteiger partial charge in [0.2, 0.25) is 5.95 Å². The summed E-state index contributed by atoms with van der Waals surface area (Å²) in [6, 6.07) is 0.305. The van der Waals surface area contributed by atoms with Gasteiger partial charge in [-0.3, -0.25) is 5.10 Å². The summed E-state index contributed by atoms with van der Waals surface area (Å²) in [6.07, 6.45) is 3.89. The van der Waals surface area contributed by atoms with E-state index in [-0.39, 0.29) is 0 Å². The van der Waals surface area contributed by atoms with Crippen LogP contribution in [0.25, 0.3) is 11.0 Å². The highest BCUT2D eigenvalue weighted by atomic mass is 16.5. The minimum Gasteiger partial charge on any atom is -0.381 e. The van der Waals surface area contributed by atoms with Crippen molar-refractivity contribution < 1.29 is 4.74 Å². The Morgan fingerprint density at radius 1 is 1.48 bits per heavy atom. The lowest BCUT2D eigenvalue weighted by atomic mass is 10.0. The van der Waals surface area contributed by atoms with Crippen molar-refractivity contribution in [3.8, 4) is 0 Å². The number of nitrogens with zero attached hydrogens (tertiary/aromatic N) is 3. The highest BCUT2D eigenvalue weighted by Gasteiger charge is 2.23. The Balaban J connectivity index is 1.83. The predicted molar refractivity (Wildman–Crippen MR) is 82.5 cm³/mol. The molecule has 1 fully saturated rings. The fraction of sp³-hybridized carbons (Fsp3) is 0.643. The average molecular weight is 290 g/mol. The van der Waals surface area contributed by atoms with Gasteiger partial charge in [-0.05, 0) is 19.8 Å². The topological polar surface area (TPSA) is 87.8 Å². The monoisotopic (exact) mass is 290 g/mol. The summed E-state index contributed by atoms with van der Waals surface area (Å²) in [5, 5.41) is 14.6. The van der Waals surface area contributed by atoms with E-state index in [1.54, 1.807) is 6.20 Å². The van der Waals surface area contributed by atoms with Gasteiger partial charge in [0.25, 0.3) is 0 Å². The molecule has 2 aromatic heterocycles. The molecule has 21 heavy (non-hydrogen) atoms. The summed E-state index contributed by atoms with van der Waals surface area (Å²) >= 11 is 0. The lowest BCUT2D eigenvalue weighted by Gasteiger charge is -2.20. The van der Waals surface area contributed by atoms with Gasteiger partial charge in [-0.2, -0.15) is 15.1 Å². The Kier molecular flexibility index (Phi) is 4.19. The molecule has 0 saturated carbocycles. The number of hydrogen-bond donors (Lipinski definition) is 3. The fourth-order valence-electron chi connectivity index (χ4n) is 2.54. The largest absolute Gasteiger partial charge is 0.381 e. The number of fused-ring (bicyclic) bond motifs is 1. The Morgan fingerprint density at radius 2 is 2.38 bits per heavy atom. The molecule has 0 bridgehead atoms. The first kappa shape index (κ1) is 14.1. The highest BCUT2D eigenvalue weighted by molar-refractivity contribution is 5.87. The van der Waals surface area contributed by atoms with Gasteiger partial charge in [0.05, 0.1) is 18.2 Å². The first-order valence-electron chi connectivity index (χ1n) is 7.57. The van der Waals surface area contributed by atoms with Crippen molar-refractivity contribution in [1.29, 1.82) is 0 Å². The van der Waals surface area contributed by atoms with Gasteiger partial charge >= 0.3 is 0 Å². The van der Waals surface area contributed by atoms with Crippen LogP contribution >= 0.6 is 0 Å². The summed E-state index contributed by atoms with van der Waals surface area (Å²) in [5.41, 5.74) is 0.751. The summed E-state index contributed by atoms with van der Waals surface area (Å²) in [4.78, 5) is 9.02. The third-order valence-corrected chi connectivity index (χ3v) is 3.88. The third kappa shape index (κ3) is 3.07. The van der Waals surface area contributed by atoms with Crippen molar-refractivity contribution in [2.45, 2.75) is 32.7 Å². The molecule has 7 nitrogen and oxygen atoms in total. The number of aromatic amines is 1. The minimum absolute atomic E-state index is 0.305. The first-order valence-corrected chi connectivity index (χ1v) is 7.57. The molecule has 0 aliphatic carbocycles. The van der Waals surface area contributed by atoms with E-state index in [2.05, 4.69) is 44.6 Å². The smallest absolute Gasteiger partial charge is 0.226 e. The van der Waals surface area contributed by atoms with Crippen molar-refractivity contribution in [1.82, 2.24) is 20.2 Å². The Labute approximate surface area is 123 Å². The van der Waals surface area contributed by atoms with E-state index in [9.17, 15) is 0 Å².